The molecule has 0 atom stereocenters. The predicted octanol–water partition coefficient (Wildman–Crippen LogP) is 2.59. The Hall–Kier alpha value is -3.70. The molecule has 29 heavy (non-hydrogen) atoms. The van der Waals surface area contributed by atoms with E-state index in [1.165, 1.54) is 10.9 Å². The van der Waals surface area contributed by atoms with Crippen molar-refractivity contribution < 1.29 is 14.6 Å². The van der Waals surface area contributed by atoms with Crippen molar-refractivity contribution in [2.24, 2.45) is 0 Å². The molecule has 0 unspecified atom stereocenters. The van der Waals surface area contributed by atoms with Gasteiger partial charge in [-0.3, -0.25) is 4.79 Å². The van der Waals surface area contributed by atoms with Crippen LogP contribution in [0.3, 0.4) is 0 Å². The summed E-state index contributed by atoms with van der Waals surface area (Å²) >= 11 is 0. The second kappa shape index (κ2) is 8.99. The fraction of sp³-hybridized carbons (Fsp3) is 0.238. The summed E-state index contributed by atoms with van der Waals surface area (Å²) in [5, 5.41) is 26.6. The maximum Gasteiger partial charge on any atom is 0.252 e. The number of carbonyl (C=O) groups excluding carboxylic acids is 1. The fourth-order valence-corrected chi connectivity index (χ4v) is 2.90. The van der Waals surface area contributed by atoms with Gasteiger partial charge >= 0.3 is 0 Å². The van der Waals surface area contributed by atoms with Crippen molar-refractivity contribution in [2.75, 3.05) is 20.3 Å². The van der Waals surface area contributed by atoms with Crippen LogP contribution >= 0.6 is 0 Å². The van der Waals surface area contributed by atoms with Gasteiger partial charge in [-0.15, -0.1) is 0 Å². The zero-order valence-corrected chi connectivity index (χ0v) is 16.2. The normalized spacial score (nSPS) is 10.5. The van der Waals surface area contributed by atoms with Crippen molar-refractivity contribution in [1.82, 2.24) is 20.1 Å². The number of nitriles is 1. The zero-order chi connectivity index (χ0) is 20.8. The van der Waals surface area contributed by atoms with E-state index in [1.54, 1.807) is 43.6 Å². The number of hydrogen-bond acceptors (Lipinski definition) is 6. The van der Waals surface area contributed by atoms with Crippen molar-refractivity contribution in [2.45, 2.75) is 13.3 Å². The first kappa shape index (κ1) is 20.0. The summed E-state index contributed by atoms with van der Waals surface area (Å²) in [6.07, 6.45) is 3.71. The molecule has 148 valence electrons. The number of hydrogen-bond donors (Lipinski definition) is 2. The van der Waals surface area contributed by atoms with Crippen molar-refractivity contribution in [3.8, 4) is 28.9 Å². The van der Waals surface area contributed by atoms with Crippen LogP contribution < -0.4 is 5.32 Å². The van der Waals surface area contributed by atoms with Crippen molar-refractivity contribution >= 4 is 5.91 Å². The number of amides is 1. The van der Waals surface area contributed by atoms with E-state index < -0.39 is 0 Å². The minimum absolute atomic E-state index is 0.0675. The molecule has 8 heteroatoms. The number of pyridine rings is 1. The van der Waals surface area contributed by atoms with Crippen LogP contribution in [-0.2, 0) is 4.74 Å². The number of aromatic nitrogens is 3. The third kappa shape index (κ3) is 4.42. The molecule has 0 aliphatic rings. The van der Waals surface area contributed by atoms with E-state index in [0.29, 0.717) is 35.7 Å². The molecule has 8 nitrogen and oxygen atoms in total. The molecule has 0 saturated heterocycles. The first-order valence-electron chi connectivity index (χ1n) is 9.07. The van der Waals surface area contributed by atoms with Gasteiger partial charge in [-0.2, -0.15) is 15.0 Å². The molecule has 0 spiro atoms. The third-order valence-corrected chi connectivity index (χ3v) is 4.43. The maximum absolute atomic E-state index is 12.1. The second-order valence-electron chi connectivity index (χ2n) is 6.44. The molecule has 0 saturated carbocycles. The van der Waals surface area contributed by atoms with E-state index in [1.807, 2.05) is 6.92 Å². The smallest absolute Gasteiger partial charge is 0.252 e. The summed E-state index contributed by atoms with van der Waals surface area (Å²) in [4.78, 5) is 16.4. The van der Waals surface area contributed by atoms with Crippen LogP contribution in [0.5, 0.6) is 5.88 Å². The van der Waals surface area contributed by atoms with Gasteiger partial charge in [0, 0.05) is 26.5 Å². The molecule has 3 aromatic rings. The Morgan fingerprint density at radius 2 is 2.10 bits per heavy atom. The molecule has 3 rings (SSSR count). The predicted molar refractivity (Wildman–Crippen MR) is 107 cm³/mol. The van der Waals surface area contributed by atoms with Crippen molar-refractivity contribution in [3.63, 3.8) is 0 Å². The number of nitrogens with one attached hydrogen (secondary N) is 1. The average molecular weight is 391 g/mol. The molecular weight excluding hydrogens is 370 g/mol. The summed E-state index contributed by atoms with van der Waals surface area (Å²) in [6.45, 7) is 2.96. The monoisotopic (exact) mass is 391 g/mol. The number of benzene rings is 1. The molecule has 1 aromatic carbocycles. The van der Waals surface area contributed by atoms with Crippen molar-refractivity contribution in [3.05, 3.63) is 59.4 Å². The highest BCUT2D eigenvalue weighted by molar-refractivity contribution is 5.93. The van der Waals surface area contributed by atoms with Gasteiger partial charge in [0.05, 0.1) is 29.0 Å². The van der Waals surface area contributed by atoms with E-state index in [-0.39, 0.29) is 11.8 Å². The van der Waals surface area contributed by atoms with Gasteiger partial charge in [0.2, 0.25) is 5.88 Å². The van der Waals surface area contributed by atoms with E-state index in [2.05, 4.69) is 21.5 Å². The molecule has 2 aromatic heterocycles. The number of nitrogens with zero attached hydrogens (tertiary/aromatic N) is 4. The van der Waals surface area contributed by atoms with Crippen LogP contribution in [0.15, 0.2) is 42.7 Å². The van der Waals surface area contributed by atoms with E-state index in [9.17, 15) is 9.90 Å². The Balaban J connectivity index is 1.79. The molecular formula is C21H21N5O3. The Morgan fingerprint density at radius 1 is 1.28 bits per heavy atom. The standard InChI is InChI=1S/C21H21N5O3/c1-14-10-15(11-22)4-6-17(14)18-13-25-26(21(18)28)19-7-5-16(12-24-19)20(27)23-8-3-9-29-2/h4-7,10,12-13,28H,3,8-9H2,1-2H3,(H,23,27). The highest BCUT2D eigenvalue weighted by atomic mass is 16.5. The van der Waals surface area contributed by atoms with Crippen LogP contribution in [0.1, 0.15) is 27.9 Å². The van der Waals surface area contributed by atoms with Gasteiger partial charge in [-0.25, -0.2) is 4.98 Å². The minimum atomic E-state index is -0.223. The summed E-state index contributed by atoms with van der Waals surface area (Å²) in [5.41, 5.74) is 3.14. The lowest BCUT2D eigenvalue weighted by Crippen LogP contribution is -2.25. The van der Waals surface area contributed by atoms with Gasteiger partial charge in [0.25, 0.3) is 5.91 Å². The lowest BCUT2D eigenvalue weighted by molar-refractivity contribution is 0.0948. The van der Waals surface area contributed by atoms with Crippen LogP contribution in [-0.4, -0.2) is 46.0 Å². The summed E-state index contributed by atoms with van der Waals surface area (Å²) in [6, 6.07) is 10.6. The molecule has 2 N–H and O–H groups in total. The van der Waals surface area contributed by atoms with E-state index in [0.717, 1.165) is 17.5 Å². The molecule has 0 aliphatic carbocycles. The van der Waals surface area contributed by atoms with Crippen molar-refractivity contribution in [1.29, 1.82) is 5.26 Å². The average Bonchev–Trinajstić information content (AvgIpc) is 3.12. The van der Waals surface area contributed by atoms with Crippen LogP contribution in [0.2, 0.25) is 0 Å². The highest BCUT2D eigenvalue weighted by Gasteiger charge is 2.16. The number of aryl methyl sites for hydroxylation is 1. The molecule has 0 radical (unpaired) electrons. The second-order valence-corrected chi connectivity index (χ2v) is 6.44. The number of carbonyl (C=O) groups is 1. The van der Waals surface area contributed by atoms with Gasteiger partial charge in [-0.1, -0.05) is 6.07 Å². The maximum atomic E-state index is 12.1. The van der Waals surface area contributed by atoms with Crippen LogP contribution in [0, 0.1) is 18.3 Å². The van der Waals surface area contributed by atoms with Crippen LogP contribution in [0.25, 0.3) is 16.9 Å². The minimum Gasteiger partial charge on any atom is -0.493 e. The summed E-state index contributed by atoms with van der Waals surface area (Å²) < 4.78 is 6.25. The number of ether oxygens (including phenoxy) is 1. The number of rotatable bonds is 7. The zero-order valence-electron chi connectivity index (χ0n) is 16.2. The lowest BCUT2D eigenvalue weighted by atomic mass is 10.0. The molecule has 0 bridgehead atoms. The fourth-order valence-electron chi connectivity index (χ4n) is 2.90. The summed E-state index contributed by atoms with van der Waals surface area (Å²) in [7, 11) is 1.61. The summed E-state index contributed by atoms with van der Waals surface area (Å²) in [5.74, 6) is 0.0943. The molecule has 2 heterocycles. The third-order valence-electron chi connectivity index (χ3n) is 4.43. The topological polar surface area (TPSA) is 113 Å². The first-order valence-corrected chi connectivity index (χ1v) is 9.07. The van der Waals surface area contributed by atoms with Crippen LogP contribution in [0.4, 0.5) is 0 Å². The quantitative estimate of drug-likeness (QED) is 0.599. The van der Waals surface area contributed by atoms with E-state index >= 15 is 0 Å². The Labute approximate surface area is 168 Å². The SMILES string of the molecule is COCCCNC(=O)c1ccc(-n2ncc(-c3ccc(C#N)cc3C)c2O)nc1. The molecule has 1 amide bonds. The largest absolute Gasteiger partial charge is 0.493 e. The Kier molecular flexibility index (Phi) is 6.22. The lowest BCUT2D eigenvalue weighted by Gasteiger charge is -2.07. The van der Waals surface area contributed by atoms with Gasteiger partial charge in [0.15, 0.2) is 5.82 Å². The van der Waals surface area contributed by atoms with Gasteiger partial charge < -0.3 is 15.2 Å². The van der Waals surface area contributed by atoms with Gasteiger partial charge in [-0.05, 0) is 48.7 Å². The molecule has 0 fully saturated rings. The Bertz CT molecular complexity index is 1050. The number of methoxy groups -OCH3 is 1. The first-order chi connectivity index (χ1) is 14.0. The van der Waals surface area contributed by atoms with E-state index in [4.69, 9.17) is 10.00 Å². The molecule has 0 aliphatic heterocycles. The van der Waals surface area contributed by atoms with Gasteiger partial charge in [0.1, 0.15) is 0 Å². The number of aromatic hydroxyl groups is 1. The Morgan fingerprint density at radius 3 is 2.76 bits per heavy atom. The highest BCUT2D eigenvalue weighted by Crippen LogP contribution is 2.32.